The van der Waals surface area contributed by atoms with E-state index in [2.05, 4.69) is 0 Å². The van der Waals surface area contributed by atoms with Crippen LogP contribution in [0.3, 0.4) is 0 Å². The fourth-order valence-corrected chi connectivity index (χ4v) is 2.74. The second-order valence-corrected chi connectivity index (χ2v) is 6.29. The van der Waals surface area contributed by atoms with E-state index in [9.17, 15) is 26.7 Å². The first-order chi connectivity index (χ1) is 10.2. The van der Waals surface area contributed by atoms with Crippen LogP contribution < -0.4 is 0 Å². The number of carbonyl (C=O) groups is 1. The zero-order chi connectivity index (χ0) is 17.2. The molecule has 0 saturated heterocycles. The van der Waals surface area contributed by atoms with E-state index in [1.807, 2.05) is 13.8 Å². The fourth-order valence-electron chi connectivity index (χ4n) is 1.54. The molecule has 0 heterocycles. The predicted octanol–water partition coefficient (Wildman–Crippen LogP) is 5.21. The largest absolute Gasteiger partial charge is 0.465 e. The average Bonchev–Trinajstić information content (AvgIpc) is 2.41. The first kappa shape index (κ1) is 21.5. The van der Waals surface area contributed by atoms with Crippen LogP contribution in [0.15, 0.2) is 0 Å². The molecular weight excluding hydrogens is 327 g/mol. The van der Waals surface area contributed by atoms with Crippen molar-refractivity contribution in [2.45, 2.75) is 69.7 Å². The fraction of sp³-hybridized carbons (Fsp3) is 0.929. The second-order valence-electron chi connectivity index (χ2n) is 4.97. The summed E-state index contributed by atoms with van der Waals surface area (Å²) in [5.41, 5.74) is 0. The van der Waals surface area contributed by atoms with Gasteiger partial charge in [0.25, 0.3) is 0 Å². The highest BCUT2D eigenvalue weighted by atomic mass is 32.2. The molecule has 0 aromatic heterocycles. The van der Waals surface area contributed by atoms with Crippen molar-refractivity contribution in [1.29, 1.82) is 0 Å². The number of hydrogen-bond donors (Lipinski definition) is 0. The molecule has 0 saturated carbocycles. The van der Waals surface area contributed by atoms with E-state index < -0.39 is 35.5 Å². The van der Waals surface area contributed by atoms with Gasteiger partial charge in [-0.2, -0.15) is 22.0 Å². The van der Waals surface area contributed by atoms with Crippen molar-refractivity contribution in [3.8, 4) is 0 Å². The molecule has 0 N–H and O–H groups in total. The molecule has 1 unspecified atom stereocenters. The summed E-state index contributed by atoms with van der Waals surface area (Å²) in [6.45, 7) is 4.08. The Morgan fingerprint density at radius 3 is 2.18 bits per heavy atom. The van der Waals surface area contributed by atoms with E-state index in [0.717, 1.165) is 24.6 Å². The Hall–Kier alpha value is -0.530. The average molecular weight is 350 g/mol. The van der Waals surface area contributed by atoms with E-state index in [1.54, 1.807) is 0 Å². The third-order valence-electron chi connectivity index (χ3n) is 2.97. The van der Waals surface area contributed by atoms with Crippen molar-refractivity contribution in [3.05, 3.63) is 0 Å². The summed E-state index contributed by atoms with van der Waals surface area (Å²) in [4.78, 5) is 11.8. The monoisotopic (exact) mass is 350 g/mol. The maximum Gasteiger partial charge on any atom is 0.453 e. The molecule has 0 amide bonds. The minimum atomic E-state index is -5.55. The van der Waals surface area contributed by atoms with Crippen molar-refractivity contribution in [1.82, 2.24) is 0 Å². The molecule has 0 radical (unpaired) electrons. The zero-order valence-electron chi connectivity index (χ0n) is 12.8. The minimum Gasteiger partial charge on any atom is -0.465 e. The smallest absolute Gasteiger partial charge is 0.453 e. The zero-order valence-corrected chi connectivity index (χ0v) is 13.7. The van der Waals surface area contributed by atoms with Crippen LogP contribution in [-0.2, 0) is 9.53 Å². The number of unbranched alkanes of at least 4 members (excludes halogenated alkanes) is 2. The summed E-state index contributed by atoms with van der Waals surface area (Å²) in [5.74, 6) is -5.69. The lowest BCUT2D eigenvalue weighted by molar-refractivity contribution is -0.282. The summed E-state index contributed by atoms with van der Waals surface area (Å²) >= 11 is 0.816. The molecular formula is C14H23F5O2S. The van der Waals surface area contributed by atoms with Gasteiger partial charge < -0.3 is 4.74 Å². The van der Waals surface area contributed by atoms with E-state index in [-0.39, 0.29) is 6.61 Å². The number of halogens is 5. The van der Waals surface area contributed by atoms with Crippen LogP contribution in [0.4, 0.5) is 22.0 Å². The van der Waals surface area contributed by atoms with Crippen LogP contribution in [0.1, 0.15) is 52.4 Å². The van der Waals surface area contributed by atoms with Crippen LogP contribution in [0.2, 0.25) is 0 Å². The van der Waals surface area contributed by atoms with Gasteiger partial charge in [-0.3, -0.25) is 4.79 Å². The molecule has 8 heteroatoms. The van der Waals surface area contributed by atoms with Gasteiger partial charge in [-0.1, -0.05) is 33.1 Å². The van der Waals surface area contributed by atoms with Crippen LogP contribution in [0, 0.1) is 0 Å². The Kier molecular flexibility index (Phi) is 10.0. The van der Waals surface area contributed by atoms with Gasteiger partial charge >= 0.3 is 18.1 Å². The van der Waals surface area contributed by atoms with Gasteiger partial charge in [0, 0.05) is 12.2 Å². The van der Waals surface area contributed by atoms with Gasteiger partial charge in [-0.25, -0.2) is 0 Å². The molecule has 0 bridgehead atoms. The number of rotatable bonds is 11. The van der Waals surface area contributed by atoms with Crippen LogP contribution in [-0.4, -0.2) is 35.7 Å². The first-order valence-corrected chi connectivity index (χ1v) is 8.43. The van der Waals surface area contributed by atoms with Gasteiger partial charge in [0.15, 0.2) is 0 Å². The Bertz CT molecular complexity index is 321. The standard InChI is InChI=1S/C14H23F5O2S/c1-3-5-7-11(12(20)21-9-6-4-2)22-10-8-13(15,16)14(17,18)19/h11H,3-10H2,1-2H3. The topological polar surface area (TPSA) is 26.3 Å². The quantitative estimate of drug-likeness (QED) is 0.291. The lowest BCUT2D eigenvalue weighted by atomic mass is 10.2. The van der Waals surface area contributed by atoms with E-state index in [0.29, 0.717) is 19.3 Å². The molecule has 0 rings (SSSR count). The Balaban J connectivity index is 4.38. The number of esters is 1. The minimum absolute atomic E-state index is 0.247. The SMILES string of the molecule is CCCCOC(=O)C(CCCC)SCCC(F)(F)C(F)(F)F. The molecule has 0 aliphatic rings. The van der Waals surface area contributed by atoms with Gasteiger partial charge in [0.1, 0.15) is 5.25 Å². The summed E-state index contributed by atoms with van der Waals surface area (Å²) < 4.78 is 66.9. The molecule has 0 aromatic rings. The number of hydrogen-bond acceptors (Lipinski definition) is 3. The highest BCUT2D eigenvalue weighted by Gasteiger charge is 2.56. The van der Waals surface area contributed by atoms with E-state index >= 15 is 0 Å². The van der Waals surface area contributed by atoms with Gasteiger partial charge in [0.2, 0.25) is 0 Å². The van der Waals surface area contributed by atoms with E-state index in [1.165, 1.54) is 0 Å². The van der Waals surface area contributed by atoms with E-state index in [4.69, 9.17) is 4.74 Å². The number of ether oxygens (including phenoxy) is 1. The molecule has 0 aliphatic carbocycles. The van der Waals surface area contributed by atoms with Gasteiger partial charge in [-0.15, -0.1) is 11.8 Å². The number of alkyl halides is 5. The van der Waals surface area contributed by atoms with Crippen molar-refractivity contribution in [2.75, 3.05) is 12.4 Å². The Morgan fingerprint density at radius 1 is 1.09 bits per heavy atom. The number of thioether (sulfide) groups is 1. The third kappa shape index (κ3) is 8.19. The lowest BCUT2D eigenvalue weighted by Gasteiger charge is -2.20. The Morgan fingerprint density at radius 2 is 1.68 bits per heavy atom. The lowest BCUT2D eigenvalue weighted by Crippen LogP contribution is -2.37. The normalized spacial score (nSPS) is 14.0. The highest BCUT2D eigenvalue weighted by molar-refractivity contribution is 8.00. The van der Waals surface area contributed by atoms with Gasteiger partial charge in [0.05, 0.1) is 6.61 Å². The van der Waals surface area contributed by atoms with Crippen LogP contribution >= 0.6 is 11.8 Å². The highest BCUT2D eigenvalue weighted by Crippen LogP contribution is 2.39. The molecule has 22 heavy (non-hydrogen) atoms. The summed E-state index contributed by atoms with van der Waals surface area (Å²) in [6.07, 6.45) is -3.42. The maximum atomic E-state index is 12.8. The van der Waals surface area contributed by atoms with Crippen molar-refractivity contribution in [2.24, 2.45) is 0 Å². The summed E-state index contributed by atoms with van der Waals surface area (Å²) in [5, 5.41) is -0.680. The summed E-state index contributed by atoms with van der Waals surface area (Å²) in [7, 11) is 0. The molecule has 1 atom stereocenters. The molecule has 0 aromatic carbocycles. The molecule has 0 spiro atoms. The van der Waals surface area contributed by atoms with Crippen molar-refractivity contribution < 1.29 is 31.5 Å². The summed E-state index contributed by atoms with van der Waals surface area (Å²) in [6, 6.07) is 0. The Labute approximate surface area is 132 Å². The second kappa shape index (κ2) is 10.3. The number of carbonyl (C=O) groups excluding carboxylic acids is 1. The predicted molar refractivity (Wildman–Crippen MR) is 77.3 cm³/mol. The molecule has 132 valence electrons. The molecule has 0 aliphatic heterocycles. The van der Waals surface area contributed by atoms with Crippen molar-refractivity contribution >= 4 is 17.7 Å². The molecule has 2 nitrogen and oxygen atoms in total. The van der Waals surface area contributed by atoms with Gasteiger partial charge in [-0.05, 0) is 12.8 Å². The van der Waals surface area contributed by atoms with Crippen LogP contribution in [0.5, 0.6) is 0 Å². The maximum absolute atomic E-state index is 12.8. The third-order valence-corrected chi connectivity index (χ3v) is 4.25. The molecule has 0 fully saturated rings. The van der Waals surface area contributed by atoms with Crippen molar-refractivity contribution in [3.63, 3.8) is 0 Å². The first-order valence-electron chi connectivity index (χ1n) is 7.38. The van der Waals surface area contributed by atoms with Crippen LogP contribution in [0.25, 0.3) is 0 Å².